The number of hydrogen-bond donors (Lipinski definition) is 1. The molecular formula is C15H21NO4. The fraction of sp³-hybridized carbons (Fsp3) is 0.600. The van der Waals surface area contributed by atoms with Crippen LogP contribution in [0.5, 0.6) is 17.2 Å². The molecule has 5 nitrogen and oxygen atoms in total. The van der Waals surface area contributed by atoms with Crippen molar-refractivity contribution >= 4 is 0 Å². The molecule has 1 heterocycles. The van der Waals surface area contributed by atoms with Gasteiger partial charge in [-0.05, 0) is 37.0 Å². The maximum Gasteiger partial charge on any atom is 0.231 e. The van der Waals surface area contributed by atoms with Crippen LogP contribution in [0.4, 0.5) is 0 Å². The first-order chi connectivity index (χ1) is 9.80. The van der Waals surface area contributed by atoms with Crippen LogP contribution in [0.2, 0.25) is 0 Å². The van der Waals surface area contributed by atoms with Gasteiger partial charge in [-0.15, -0.1) is 0 Å². The fourth-order valence-electron chi connectivity index (χ4n) is 2.89. The zero-order chi connectivity index (χ0) is 13.9. The summed E-state index contributed by atoms with van der Waals surface area (Å²) in [6.45, 7) is 1.06. The zero-order valence-electron chi connectivity index (χ0n) is 12.0. The first kappa shape index (κ1) is 13.5. The molecule has 5 heteroatoms. The molecule has 2 atom stereocenters. The maximum atomic E-state index is 5.44. The van der Waals surface area contributed by atoms with Crippen molar-refractivity contribution in [1.29, 1.82) is 0 Å². The highest BCUT2D eigenvalue weighted by Gasteiger charge is 2.24. The molecule has 1 saturated carbocycles. The van der Waals surface area contributed by atoms with Gasteiger partial charge in [0.25, 0.3) is 0 Å². The quantitative estimate of drug-likeness (QED) is 0.894. The molecule has 1 aliphatic carbocycles. The van der Waals surface area contributed by atoms with Gasteiger partial charge in [0, 0.05) is 19.7 Å². The van der Waals surface area contributed by atoms with Gasteiger partial charge in [-0.1, -0.05) is 0 Å². The number of methoxy groups -OCH3 is 2. The molecule has 0 spiro atoms. The van der Waals surface area contributed by atoms with Crippen LogP contribution in [0, 0.1) is 0 Å². The van der Waals surface area contributed by atoms with E-state index in [4.69, 9.17) is 18.9 Å². The molecule has 3 rings (SSSR count). The van der Waals surface area contributed by atoms with E-state index in [2.05, 4.69) is 5.32 Å². The number of ether oxygens (including phenoxy) is 4. The lowest BCUT2D eigenvalue weighted by atomic mass is 10.1. The van der Waals surface area contributed by atoms with E-state index in [1.807, 2.05) is 12.1 Å². The van der Waals surface area contributed by atoms with Crippen LogP contribution in [0.1, 0.15) is 24.8 Å². The topological polar surface area (TPSA) is 49.0 Å². The minimum Gasteiger partial charge on any atom is -0.493 e. The predicted octanol–water partition coefficient (Wildman–Crippen LogP) is 2.08. The third-order valence-corrected chi connectivity index (χ3v) is 4.03. The van der Waals surface area contributed by atoms with Crippen molar-refractivity contribution in [3.63, 3.8) is 0 Å². The summed E-state index contributed by atoms with van der Waals surface area (Å²) >= 11 is 0. The summed E-state index contributed by atoms with van der Waals surface area (Å²) in [6, 6.07) is 4.54. The lowest BCUT2D eigenvalue weighted by molar-refractivity contribution is 0.107. The van der Waals surface area contributed by atoms with Crippen LogP contribution >= 0.6 is 0 Å². The molecule has 0 amide bonds. The lowest BCUT2D eigenvalue weighted by Gasteiger charge is -2.14. The summed E-state index contributed by atoms with van der Waals surface area (Å²) in [5, 5.41) is 3.57. The molecular weight excluding hydrogens is 258 g/mol. The molecule has 1 aliphatic heterocycles. The van der Waals surface area contributed by atoms with Crippen molar-refractivity contribution < 1.29 is 18.9 Å². The second kappa shape index (κ2) is 5.89. The van der Waals surface area contributed by atoms with Crippen molar-refractivity contribution in [3.8, 4) is 17.2 Å². The molecule has 1 N–H and O–H groups in total. The monoisotopic (exact) mass is 279 g/mol. The Morgan fingerprint density at radius 1 is 1.25 bits per heavy atom. The Morgan fingerprint density at radius 2 is 2.15 bits per heavy atom. The van der Waals surface area contributed by atoms with Crippen LogP contribution in [-0.4, -0.2) is 33.2 Å². The highest BCUT2D eigenvalue weighted by molar-refractivity contribution is 5.55. The Balaban J connectivity index is 1.63. The largest absolute Gasteiger partial charge is 0.493 e. The number of fused-ring (bicyclic) bond motifs is 1. The standard InChI is InChI=1S/C15H21NO4/c1-17-12-4-3-11(7-12)16-8-10-5-13(18-2)15-14(6-10)19-9-20-15/h5-6,11-12,16H,3-4,7-9H2,1-2H3. The Labute approximate surface area is 119 Å². The van der Waals surface area contributed by atoms with Crippen molar-refractivity contribution in [2.45, 2.75) is 38.0 Å². The van der Waals surface area contributed by atoms with E-state index in [0.717, 1.165) is 36.4 Å². The number of benzene rings is 1. The normalized spacial score (nSPS) is 24.1. The number of nitrogens with one attached hydrogen (secondary N) is 1. The van der Waals surface area contributed by atoms with Crippen LogP contribution in [-0.2, 0) is 11.3 Å². The Morgan fingerprint density at radius 3 is 2.90 bits per heavy atom. The summed E-state index contributed by atoms with van der Waals surface area (Å²) in [5.74, 6) is 2.21. The maximum absolute atomic E-state index is 5.44. The first-order valence-electron chi connectivity index (χ1n) is 7.03. The summed E-state index contributed by atoms with van der Waals surface area (Å²) in [7, 11) is 3.43. The van der Waals surface area contributed by atoms with Crippen LogP contribution < -0.4 is 19.5 Å². The van der Waals surface area contributed by atoms with Gasteiger partial charge in [0.15, 0.2) is 11.5 Å². The lowest BCUT2D eigenvalue weighted by Crippen LogP contribution is -2.26. The van der Waals surface area contributed by atoms with Gasteiger partial charge in [-0.3, -0.25) is 0 Å². The van der Waals surface area contributed by atoms with Gasteiger partial charge >= 0.3 is 0 Å². The highest BCUT2D eigenvalue weighted by Crippen LogP contribution is 2.41. The van der Waals surface area contributed by atoms with E-state index in [9.17, 15) is 0 Å². The van der Waals surface area contributed by atoms with Gasteiger partial charge in [-0.2, -0.15) is 0 Å². The Kier molecular flexibility index (Phi) is 3.98. The molecule has 0 aromatic heterocycles. The minimum atomic E-state index is 0.265. The van der Waals surface area contributed by atoms with Gasteiger partial charge in [0.05, 0.1) is 13.2 Å². The van der Waals surface area contributed by atoms with Gasteiger partial charge in [0.2, 0.25) is 12.5 Å². The van der Waals surface area contributed by atoms with Crippen molar-refractivity contribution in [3.05, 3.63) is 17.7 Å². The van der Waals surface area contributed by atoms with E-state index in [-0.39, 0.29) is 6.79 Å². The average molecular weight is 279 g/mol. The van der Waals surface area contributed by atoms with Crippen LogP contribution in [0.15, 0.2) is 12.1 Å². The molecule has 1 aromatic rings. The summed E-state index contributed by atoms with van der Waals surface area (Å²) in [6.07, 6.45) is 3.79. The third kappa shape index (κ3) is 2.69. The molecule has 110 valence electrons. The molecule has 1 aromatic carbocycles. The highest BCUT2D eigenvalue weighted by atomic mass is 16.7. The Hall–Kier alpha value is -1.46. The average Bonchev–Trinajstić information content (AvgIpc) is 3.12. The summed E-state index contributed by atoms with van der Waals surface area (Å²) in [5.41, 5.74) is 1.15. The SMILES string of the molecule is COc1cc(CNC2CCC(OC)C2)cc2c1OCO2. The predicted molar refractivity (Wildman–Crippen MR) is 74.4 cm³/mol. The second-order valence-electron chi connectivity index (χ2n) is 5.28. The summed E-state index contributed by atoms with van der Waals surface area (Å²) < 4.78 is 21.6. The Bertz CT molecular complexity index is 477. The van der Waals surface area contributed by atoms with Crippen molar-refractivity contribution in [1.82, 2.24) is 5.32 Å². The zero-order valence-corrected chi connectivity index (χ0v) is 12.0. The molecule has 0 saturated heterocycles. The molecule has 2 aliphatic rings. The smallest absolute Gasteiger partial charge is 0.231 e. The van der Waals surface area contributed by atoms with E-state index in [0.29, 0.717) is 17.9 Å². The van der Waals surface area contributed by atoms with Gasteiger partial charge < -0.3 is 24.3 Å². The molecule has 2 unspecified atom stereocenters. The van der Waals surface area contributed by atoms with Crippen molar-refractivity contribution in [2.24, 2.45) is 0 Å². The van der Waals surface area contributed by atoms with Crippen LogP contribution in [0.25, 0.3) is 0 Å². The van der Waals surface area contributed by atoms with Crippen LogP contribution in [0.3, 0.4) is 0 Å². The molecule has 20 heavy (non-hydrogen) atoms. The van der Waals surface area contributed by atoms with Gasteiger partial charge in [-0.25, -0.2) is 0 Å². The minimum absolute atomic E-state index is 0.265. The molecule has 1 fully saturated rings. The first-order valence-corrected chi connectivity index (χ1v) is 7.03. The van der Waals surface area contributed by atoms with Gasteiger partial charge in [0.1, 0.15) is 0 Å². The summed E-state index contributed by atoms with van der Waals surface area (Å²) in [4.78, 5) is 0. The number of rotatable bonds is 5. The van der Waals surface area contributed by atoms with Crippen molar-refractivity contribution in [2.75, 3.05) is 21.0 Å². The molecule has 0 bridgehead atoms. The fourth-order valence-corrected chi connectivity index (χ4v) is 2.89. The van der Waals surface area contributed by atoms with E-state index in [1.165, 1.54) is 6.42 Å². The molecule has 0 radical (unpaired) electrons. The second-order valence-corrected chi connectivity index (χ2v) is 5.28. The third-order valence-electron chi connectivity index (χ3n) is 4.03. The van der Waals surface area contributed by atoms with E-state index >= 15 is 0 Å². The van der Waals surface area contributed by atoms with E-state index < -0.39 is 0 Å². The number of hydrogen-bond acceptors (Lipinski definition) is 5. The van der Waals surface area contributed by atoms with E-state index in [1.54, 1.807) is 14.2 Å².